The fourth-order valence-electron chi connectivity index (χ4n) is 3.22. The molecule has 1 atom stereocenters. The second-order valence-corrected chi connectivity index (χ2v) is 7.42. The second kappa shape index (κ2) is 8.76. The Morgan fingerprint density at radius 1 is 1.11 bits per heavy atom. The standard InChI is InChI=1S/C21H21Cl2N3O2/c1-3-20(27)25(2)13-21(28)26-19(15-9-5-7-11-17(15)23)12-18(24-26)14-8-4-6-10-16(14)22/h4-11,19H,3,12-13H2,1-2H3/t19-/m0/s1. The van der Waals surface area contributed by atoms with E-state index in [2.05, 4.69) is 5.10 Å². The highest BCUT2D eigenvalue weighted by Gasteiger charge is 2.35. The molecule has 2 aromatic rings. The molecule has 0 fully saturated rings. The number of hydrogen-bond acceptors (Lipinski definition) is 3. The summed E-state index contributed by atoms with van der Waals surface area (Å²) >= 11 is 12.7. The third-order valence-electron chi connectivity index (χ3n) is 4.72. The zero-order valence-electron chi connectivity index (χ0n) is 15.7. The Labute approximate surface area is 174 Å². The van der Waals surface area contributed by atoms with Gasteiger partial charge in [0.15, 0.2) is 0 Å². The number of benzene rings is 2. The van der Waals surface area contributed by atoms with Crippen LogP contribution in [-0.4, -0.2) is 41.0 Å². The Morgan fingerprint density at radius 3 is 2.39 bits per heavy atom. The van der Waals surface area contributed by atoms with Crippen LogP contribution in [0.25, 0.3) is 0 Å². The van der Waals surface area contributed by atoms with Crippen molar-refractivity contribution in [3.63, 3.8) is 0 Å². The van der Waals surface area contributed by atoms with Gasteiger partial charge >= 0.3 is 0 Å². The summed E-state index contributed by atoms with van der Waals surface area (Å²) in [6, 6.07) is 14.5. The van der Waals surface area contributed by atoms with Crippen molar-refractivity contribution in [1.29, 1.82) is 0 Å². The van der Waals surface area contributed by atoms with Gasteiger partial charge < -0.3 is 4.90 Å². The van der Waals surface area contributed by atoms with Crippen LogP contribution in [0.2, 0.25) is 10.0 Å². The Hall–Kier alpha value is -2.37. The summed E-state index contributed by atoms with van der Waals surface area (Å²) < 4.78 is 0. The molecule has 146 valence electrons. The molecule has 1 aliphatic rings. The van der Waals surface area contributed by atoms with Crippen molar-refractivity contribution in [1.82, 2.24) is 9.91 Å². The Bertz CT molecular complexity index is 929. The van der Waals surface area contributed by atoms with E-state index in [-0.39, 0.29) is 24.4 Å². The Kier molecular flexibility index (Phi) is 6.37. The number of amides is 2. The molecule has 0 unspecified atom stereocenters. The average molecular weight is 418 g/mol. The quantitative estimate of drug-likeness (QED) is 0.716. The molecule has 5 nitrogen and oxygen atoms in total. The summed E-state index contributed by atoms with van der Waals surface area (Å²) in [5.74, 6) is -0.367. The van der Waals surface area contributed by atoms with Crippen LogP contribution in [0.3, 0.4) is 0 Å². The molecular formula is C21H21Cl2N3O2. The van der Waals surface area contributed by atoms with Gasteiger partial charge in [0.2, 0.25) is 5.91 Å². The second-order valence-electron chi connectivity index (χ2n) is 6.61. The van der Waals surface area contributed by atoms with Gasteiger partial charge in [-0.3, -0.25) is 9.59 Å². The van der Waals surface area contributed by atoms with Crippen LogP contribution < -0.4 is 0 Å². The molecule has 0 aliphatic carbocycles. The summed E-state index contributed by atoms with van der Waals surface area (Å²) in [5.41, 5.74) is 2.32. The lowest BCUT2D eigenvalue weighted by Crippen LogP contribution is -2.39. The number of carbonyl (C=O) groups excluding carboxylic acids is 2. The van der Waals surface area contributed by atoms with Crippen molar-refractivity contribution in [2.75, 3.05) is 13.6 Å². The lowest BCUT2D eigenvalue weighted by Gasteiger charge is -2.25. The molecule has 2 aromatic carbocycles. The SMILES string of the molecule is CCC(=O)N(C)CC(=O)N1N=C(c2ccccc2Cl)C[C@H]1c1ccccc1Cl. The molecule has 2 amide bonds. The Balaban J connectivity index is 1.95. The summed E-state index contributed by atoms with van der Waals surface area (Å²) in [6.07, 6.45) is 0.830. The van der Waals surface area contributed by atoms with Gasteiger partial charge in [-0.05, 0) is 17.7 Å². The lowest BCUT2D eigenvalue weighted by molar-refractivity contribution is -0.140. The predicted molar refractivity (Wildman–Crippen MR) is 112 cm³/mol. The van der Waals surface area contributed by atoms with Crippen LogP contribution in [0, 0.1) is 0 Å². The highest BCUT2D eigenvalue weighted by molar-refractivity contribution is 6.34. The maximum Gasteiger partial charge on any atom is 0.262 e. The van der Waals surface area contributed by atoms with Gasteiger partial charge in [-0.1, -0.05) is 66.5 Å². The van der Waals surface area contributed by atoms with Gasteiger partial charge in [0, 0.05) is 35.5 Å². The number of hydrogen-bond donors (Lipinski definition) is 0. The predicted octanol–water partition coefficient (Wildman–Crippen LogP) is 4.54. The molecule has 1 aliphatic heterocycles. The number of hydrazone groups is 1. The summed E-state index contributed by atoms with van der Waals surface area (Å²) in [5, 5.41) is 7.15. The van der Waals surface area contributed by atoms with E-state index in [0.717, 1.165) is 11.1 Å². The van der Waals surface area contributed by atoms with Crippen molar-refractivity contribution in [3.8, 4) is 0 Å². The topological polar surface area (TPSA) is 53.0 Å². The fraction of sp³-hybridized carbons (Fsp3) is 0.286. The molecule has 0 bridgehead atoms. The molecule has 0 N–H and O–H groups in total. The first-order valence-corrected chi connectivity index (χ1v) is 9.80. The molecule has 0 saturated carbocycles. The van der Waals surface area contributed by atoms with Crippen LogP contribution in [0.15, 0.2) is 53.6 Å². The van der Waals surface area contributed by atoms with E-state index in [1.807, 2.05) is 36.4 Å². The van der Waals surface area contributed by atoms with Gasteiger partial charge in [-0.2, -0.15) is 5.10 Å². The molecule has 7 heteroatoms. The minimum atomic E-state index is -0.349. The van der Waals surface area contributed by atoms with E-state index < -0.39 is 0 Å². The molecule has 0 spiro atoms. The van der Waals surface area contributed by atoms with E-state index in [4.69, 9.17) is 23.2 Å². The summed E-state index contributed by atoms with van der Waals surface area (Å²) in [6.45, 7) is 1.71. The third-order valence-corrected chi connectivity index (χ3v) is 5.39. The maximum absolute atomic E-state index is 13.0. The lowest BCUT2D eigenvalue weighted by atomic mass is 9.98. The summed E-state index contributed by atoms with van der Waals surface area (Å²) in [7, 11) is 1.61. The van der Waals surface area contributed by atoms with E-state index >= 15 is 0 Å². The molecule has 0 saturated heterocycles. The van der Waals surface area contributed by atoms with Gasteiger partial charge in [0.25, 0.3) is 5.91 Å². The molecule has 0 radical (unpaired) electrons. The third kappa shape index (κ3) is 4.21. The molecule has 1 heterocycles. The molecule has 28 heavy (non-hydrogen) atoms. The fourth-order valence-corrected chi connectivity index (χ4v) is 3.73. The average Bonchev–Trinajstić information content (AvgIpc) is 3.13. The minimum Gasteiger partial charge on any atom is -0.336 e. The smallest absolute Gasteiger partial charge is 0.262 e. The number of halogens is 2. The highest BCUT2D eigenvalue weighted by Crippen LogP contribution is 2.37. The minimum absolute atomic E-state index is 0.0487. The van der Waals surface area contributed by atoms with Gasteiger partial charge in [-0.25, -0.2) is 5.01 Å². The maximum atomic E-state index is 13.0. The van der Waals surface area contributed by atoms with Crippen molar-refractivity contribution in [2.45, 2.75) is 25.8 Å². The number of rotatable bonds is 5. The molecule has 0 aromatic heterocycles. The molecular weight excluding hydrogens is 397 g/mol. The van der Waals surface area contributed by atoms with Crippen LogP contribution >= 0.6 is 23.2 Å². The monoisotopic (exact) mass is 417 g/mol. The first-order chi connectivity index (χ1) is 13.4. The van der Waals surface area contributed by atoms with Crippen LogP contribution in [0.1, 0.15) is 36.9 Å². The van der Waals surface area contributed by atoms with Gasteiger partial charge in [0.1, 0.15) is 6.54 Å². The van der Waals surface area contributed by atoms with E-state index in [1.54, 1.807) is 26.1 Å². The highest BCUT2D eigenvalue weighted by atomic mass is 35.5. The zero-order valence-corrected chi connectivity index (χ0v) is 17.2. The van der Waals surface area contributed by atoms with Crippen LogP contribution in [0.5, 0.6) is 0 Å². The van der Waals surface area contributed by atoms with Crippen LogP contribution in [-0.2, 0) is 9.59 Å². The van der Waals surface area contributed by atoms with Crippen molar-refractivity contribution in [3.05, 3.63) is 69.7 Å². The van der Waals surface area contributed by atoms with Crippen molar-refractivity contribution in [2.24, 2.45) is 5.10 Å². The van der Waals surface area contributed by atoms with Gasteiger partial charge in [-0.15, -0.1) is 0 Å². The first-order valence-electron chi connectivity index (χ1n) is 9.05. The molecule has 3 rings (SSSR count). The zero-order chi connectivity index (χ0) is 20.3. The number of nitrogens with zero attached hydrogens (tertiary/aromatic N) is 3. The summed E-state index contributed by atoms with van der Waals surface area (Å²) in [4.78, 5) is 26.3. The van der Waals surface area contributed by atoms with E-state index in [0.29, 0.717) is 28.6 Å². The van der Waals surface area contributed by atoms with E-state index in [1.165, 1.54) is 9.91 Å². The number of likely N-dealkylation sites (N-methyl/N-ethyl adjacent to an activating group) is 1. The van der Waals surface area contributed by atoms with Crippen LogP contribution in [0.4, 0.5) is 0 Å². The normalized spacial score (nSPS) is 16.1. The van der Waals surface area contributed by atoms with Crippen molar-refractivity contribution < 1.29 is 9.59 Å². The first kappa shape index (κ1) is 20.4. The largest absolute Gasteiger partial charge is 0.336 e. The van der Waals surface area contributed by atoms with Crippen molar-refractivity contribution >= 4 is 40.7 Å². The number of carbonyl (C=O) groups is 2. The van der Waals surface area contributed by atoms with E-state index in [9.17, 15) is 9.59 Å². The van der Waals surface area contributed by atoms with Gasteiger partial charge in [0.05, 0.1) is 11.8 Å². The Morgan fingerprint density at radius 2 is 1.75 bits per heavy atom.